The Labute approximate surface area is 265 Å². The molecule has 1 aliphatic carbocycles. The van der Waals surface area contributed by atoms with Crippen molar-refractivity contribution in [3.05, 3.63) is 29.5 Å². The van der Waals surface area contributed by atoms with Crippen LogP contribution in [0.5, 0.6) is 5.75 Å². The van der Waals surface area contributed by atoms with Gasteiger partial charge < -0.3 is 44.7 Å². The molecule has 1 saturated heterocycles. The fraction of sp³-hybridized carbons (Fsp3) is 0.613. The highest BCUT2D eigenvalue weighted by Crippen LogP contribution is 2.35. The van der Waals surface area contributed by atoms with Crippen LogP contribution in [-0.2, 0) is 21.4 Å². The van der Waals surface area contributed by atoms with Crippen molar-refractivity contribution in [2.75, 3.05) is 59.2 Å². The smallest absolute Gasteiger partial charge is 0.404 e. The number of aryl methyl sites for hydroxylation is 1. The van der Waals surface area contributed by atoms with E-state index in [0.29, 0.717) is 0 Å². The van der Waals surface area contributed by atoms with Gasteiger partial charge in [-0.3, -0.25) is 14.4 Å². The Morgan fingerprint density at radius 2 is 1.63 bits per heavy atom. The molecule has 46 heavy (non-hydrogen) atoms. The summed E-state index contributed by atoms with van der Waals surface area (Å²) in [4.78, 5) is 54.7. The average molecular weight is 652 g/mol. The van der Waals surface area contributed by atoms with Gasteiger partial charge in [-0.25, -0.2) is 13.6 Å². The van der Waals surface area contributed by atoms with Crippen LogP contribution in [0.15, 0.2) is 12.1 Å². The highest BCUT2D eigenvalue weighted by atomic mass is 19.2. The second-order valence-corrected chi connectivity index (χ2v) is 11.8. The number of aliphatic hydroxyl groups is 1. The van der Waals surface area contributed by atoms with E-state index in [0.717, 1.165) is 44.2 Å². The van der Waals surface area contributed by atoms with Gasteiger partial charge in [-0.15, -0.1) is 0 Å². The molecule has 1 aromatic carbocycles. The number of hydrogen-bond donors (Lipinski definition) is 4. The van der Waals surface area contributed by atoms with Crippen LogP contribution >= 0.6 is 0 Å². The number of hydrogen-bond acceptors (Lipinski definition) is 7. The highest BCUT2D eigenvalue weighted by Gasteiger charge is 2.37. The minimum atomic E-state index is -1.24. The van der Waals surface area contributed by atoms with Crippen LogP contribution < -0.4 is 15.4 Å². The Morgan fingerprint density at radius 3 is 2.28 bits per heavy atom. The Bertz CT molecular complexity index is 1410. The number of nitrogens with zero attached hydrogens (tertiary/aromatic N) is 3. The van der Waals surface area contributed by atoms with E-state index in [9.17, 15) is 28.0 Å². The summed E-state index contributed by atoms with van der Waals surface area (Å²) in [6, 6.07) is 1.23. The summed E-state index contributed by atoms with van der Waals surface area (Å²) in [7, 11) is 1.56. The maximum absolute atomic E-state index is 14.2. The molecule has 2 aliphatic rings. The molecule has 4 rings (SSSR count). The molecule has 0 spiro atoms. The molecule has 2 aromatic rings. The number of aliphatic hydroxyl groups excluding tert-OH is 1. The summed E-state index contributed by atoms with van der Waals surface area (Å²) in [6.45, 7) is 2.30. The van der Waals surface area contributed by atoms with Gasteiger partial charge in [0.1, 0.15) is 12.6 Å². The topological polar surface area (TPSA) is 163 Å². The normalized spacial score (nSPS) is 17.1. The summed E-state index contributed by atoms with van der Waals surface area (Å²) in [5.74, 6) is -3.89. The number of nitrogens with one attached hydrogen (secondary N) is 2. The predicted octanol–water partition coefficient (Wildman–Crippen LogP) is 2.10. The van der Waals surface area contributed by atoms with Crippen LogP contribution in [0.4, 0.5) is 13.6 Å². The molecule has 4 amide bonds. The van der Waals surface area contributed by atoms with Gasteiger partial charge >= 0.3 is 6.09 Å². The lowest BCUT2D eigenvalue weighted by molar-refractivity contribution is -0.140. The van der Waals surface area contributed by atoms with Crippen LogP contribution in [0, 0.1) is 23.5 Å². The second kappa shape index (κ2) is 16.0. The number of ether oxygens (including phenoxy) is 2. The van der Waals surface area contributed by atoms with Gasteiger partial charge in [0.2, 0.25) is 11.8 Å². The zero-order valence-corrected chi connectivity index (χ0v) is 26.2. The Kier molecular flexibility index (Phi) is 12.2. The number of fused-ring (bicyclic) bond motifs is 1. The van der Waals surface area contributed by atoms with Crippen LogP contribution in [-0.4, -0.2) is 114 Å². The van der Waals surface area contributed by atoms with E-state index in [-0.39, 0.29) is 93.3 Å². The van der Waals surface area contributed by atoms with Gasteiger partial charge in [0.15, 0.2) is 23.1 Å². The molecule has 254 valence electrons. The summed E-state index contributed by atoms with van der Waals surface area (Å²) in [5.41, 5.74) is 0.361. The number of amides is 4. The molecule has 1 saturated carbocycles. The van der Waals surface area contributed by atoms with Gasteiger partial charge in [0.25, 0.3) is 5.91 Å². The molecule has 13 nitrogen and oxygen atoms in total. The number of halogens is 2. The van der Waals surface area contributed by atoms with E-state index in [1.807, 2.05) is 0 Å². The fourth-order valence-corrected chi connectivity index (χ4v) is 6.11. The van der Waals surface area contributed by atoms with E-state index in [1.165, 1.54) is 4.57 Å². The van der Waals surface area contributed by atoms with Gasteiger partial charge in [0, 0.05) is 51.2 Å². The van der Waals surface area contributed by atoms with Crippen molar-refractivity contribution in [3.63, 3.8) is 0 Å². The molecule has 4 N–H and O–H groups in total. The first kappa shape index (κ1) is 34.9. The average Bonchev–Trinajstić information content (AvgIpc) is 3.31. The molecule has 2 atom stereocenters. The number of piperazine rings is 1. The monoisotopic (exact) mass is 651 g/mol. The Hall–Kier alpha value is -3.98. The number of carbonyl (C=O) groups excluding carboxylic acids is 3. The molecule has 1 aliphatic heterocycles. The molecular weight excluding hydrogens is 608 g/mol. The lowest BCUT2D eigenvalue weighted by Gasteiger charge is -2.39. The maximum atomic E-state index is 14.2. The summed E-state index contributed by atoms with van der Waals surface area (Å²) >= 11 is 0. The van der Waals surface area contributed by atoms with Crippen molar-refractivity contribution in [3.8, 4) is 5.75 Å². The zero-order chi connectivity index (χ0) is 33.4. The lowest BCUT2D eigenvalue weighted by Crippen LogP contribution is -2.58. The van der Waals surface area contributed by atoms with E-state index in [2.05, 4.69) is 10.6 Å². The SMILES string of the molecule is C[C@@H](CNC(=O)O)C(=O)N[C@H](C(=O)N1CCN(C(=O)c2c(OCCOCCO)c3cc(F)c(F)cc3n2C)CC1)C1CCCCC1. The molecule has 0 unspecified atom stereocenters. The molecule has 0 radical (unpaired) electrons. The van der Waals surface area contributed by atoms with Gasteiger partial charge in [-0.1, -0.05) is 26.2 Å². The van der Waals surface area contributed by atoms with Crippen molar-refractivity contribution >= 4 is 34.7 Å². The van der Waals surface area contributed by atoms with Crippen LogP contribution in [0.2, 0.25) is 0 Å². The molecule has 15 heteroatoms. The third-order valence-electron chi connectivity index (χ3n) is 8.68. The molecule has 2 fully saturated rings. The minimum Gasteiger partial charge on any atom is -0.488 e. The standard InChI is InChI=1S/C31H43F2N5O8/c1-19(18-34-31(43)44)28(40)35-25(20-6-4-3-5-7-20)29(41)37-8-10-38(11-9-37)30(42)26-27(46-15-14-45-13-12-39)21-16-22(32)23(33)17-24(21)36(26)2/h16-17,19-20,25,34,39H,3-15,18H2,1-2H3,(H,35,40)(H,43,44)/t19-,25-/m0/s1. The van der Waals surface area contributed by atoms with E-state index in [1.54, 1.807) is 23.8 Å². The van der Waals surface area contributed by atoms with Crippen molar-refractivity contribution in [1.82, 2.24) is 25.0 Å². The fourth-order valence-electron chi connectivity index (χ4n) is 6.11. The number of aromatic nitrogens is 1. The van der Waals surface area contributed by atoms with Gasteiger partial charge in [0.05, 0.1) is 31.3 Å². The van der Waals surface area contributed by atoms with E-state index in [4.69, 9.17) is 19.7 Å². The van der Waals surface area contributed by atoms with Gasteiger partial charge in [-0.2, -0.15) is 0 Å². The first-order valence-corrected chi connectivity index (χ1v) is 15.7. The number of carbonyl (C=O) groups is 4. The number of benzene rings is 1. The van der Waals surface area contributed by atoms with Crippen molar-refractivity contribution in [2.45, 2.75) is 45.1 Å². The maximum Gasteiger partial charge on any atom is 0.404 e. The van der Waals surface area contributed by atoms with Crippen LogP contribution in [0.25, 0.3) is 10.9 Å². The van der Waals surface area contributed by atoms with E-state index >= 15 is 0 Å². The summed E-state index contributed by atoms with van der Waals surface area (Å²) in [6.07, 6.45) is 3.28. The van der Waals surface area contributed by atoms with Crippen molar-refractivity contribution in [2.24, 2.45) is 18.9 Å². The first-order valence-electron chi connectivity index (χ1n) is 15.7. The Morgan fingerprint density at radius 1 is 0.978 bits per heavy atom. The third-order valence-corrected chi connectivity index (χ3v) is 8.68. The molecule has 0 bridgehead atoms. The molecule has 1 aromatic heterocycles. The zero-order valence-electron chi connectivity index (χ0n) is 26.2. The second-order valence-electron chi connectivity index (χ2n) is 11.8. The number of rotatable bonds is 13. The van der Waals surface area contributed by atoms with Crippen molar-refractivity contribution < 1.29 is 47.6 Å². The molecule has 2 heterocycles. The Balaban J connectivity index is 1.48. The number of carboxylic acid groups (broad SMARTS) is 1. The van der Waals surface area contributed by atoms with Gasteiger partial charge in [-0.05, 0) is 24.8 Å². The largest absolute Gasteiger partial charge is 0.488 e. The predicted molar refractivity (Wildman–Crippen MR) is 162 cm³/mol. The molecular formula is C31H43F2N5O8. The lowest BCUT2D eigenvalue weighted by atomic mass is 9.83. The van der Waals surface area contributed by atoms with E-state index < -0.39 is 41.5 Å². The first-order chi connectivity index (χ1) is 22.0. The quantitative estimate of drug-likeness (QED) is 0.240. The van der Waals surface area contributed by atoms with Crippen LogP contribution in [0.3, 0.4) is 0 Å². The summed E-state index contributed by atoms with van der Waals surface area (Å²) < 4.78 is 41.0. The van der Waals surface area contributed by atoms with Crippen molar-refractivity contribution in [1.29, 1.82) is 0 Å². The minimum absolute atomic E-state index is 0.0000685. The highest BCUT2D eigenvalue weighted by molar-refractivity contribution is 6.04. The third kappa shape index (κ3) is 8.23. The van der Waals surface area contributed by atoms with Crippen LogP contribution in [0.1, 0.15) is 49.5 Å². The summed E-state index contributed by atoms with van der Waals surface area (Å²) in [5, 5.41) is 23.1.